The van der Waals surface area contributed by atoms with Crippen molar-refractivity contribution >= 4 is 17.7 Å². The Balaban J connectivity index is 2.03. The van der Waals surface area contributed by atoms with Crippen LogP contribution in [0.1, 0.15) is 32.1 Å². The molecule has 0 bridgehead atoms. The molecule has 0 unspecified atom stereocenters. The smallest absolute Gasteiger partial charge is 0.223 e. The largest absolute Gasteiger partial charge is 0.356 e. The Bertz CT molecular complexity index is 199. The van der Waals surface area contributed by atoms with E-state index in [1.54, 1.807) is 0 Å². The number of hydrogen-bond donors (Lipinski definition) is 2. The zero-order chi connectivity index (χ0) is 11.1. The molecular formula is C11H22N2OS. The molecule has 1 saturated carbocycles. The Hall–Kier alpha value is -0.220. The predicted octanol–water partition coefficient (Wildman–Crippen LogP) is 1.37. The second-order valence-corrected chi connectivity index (χ2v) is 5.25. The van der Waals surface area contributed by atoms with Crippen LogP contribution in [0.4, 0.5) is 0 Å². The number of thioether (sulfide) groups is 1. The third-order valence-corrected chi connectivity index (χ3v) is 3.62. The Kier molecular flexibility index (Phi) is 6.10. The summed E-state index contributed by atoms with van der Waals surface area (Å²) >= 11 is 1.86. The molecule has 3 nitrogen and oxygen atoms in total. The van der Waals surface area contributed by atoms with Crippen molar-refractivity contribution in [3.8, 4) is 0 Å². The molecule has 0 radical (unpaired) electrons. The van der Waals surface area contributed by atoms with Crippen LogP contribution in [-0.2, 0) is 4.79 Å². The highest BCUT2D eigenvalue weighted by Crippen LogP contribution is 2.23. The van der Waals surface area contributed by atoms with E-state index >= 15 is 0 Å². The SMILES string of the molecule is CSCCCCNC(=O)[C@H]1CC[C@H](N)C1. The van der Waals surface area contributed by atoms with Gasteiger partial charge < -0.3 is 11.1 Å². The highest BCUT2D eigenvalue weighted by atomic mass is 32.2. The van der Waals surface area contributed by atoms with Crippen molar-refractivity contribution in [2.45, 2.75) is 38.1 Å². The van der Waals surface area contributed by atoms with E-state index in [1.807, 2.05) is 11.8 Å². The van der Waals surface area contributed by atoms with Crippen molar-refractivity contribution < 1.29 is 4.79 Å². The van der Waals surface area contributed by atoms with E-state index in [0.717, 1.165) is 32.2 Å². The summed E-state index contributed by atoms with van der Waals surface area (Å²) in [5.74, 6) is 1.58. The van der Waals surface area contributed by atoms with Crippen LogP contribution in [-0.4, -0.2) is 30.5 Å². The maximum atomic E-state index is 11.7. The molecule has 1 rings (SSSR count). The standard InChI is InChI=1S/C11H22N2OS/c1-15-7-3-2-6-13-11(14)9-4-5-10(12)8-9/h9-10H,2-8,12H2,1H3,(H,13,14)/t9-,10-/m0/s1. The Labute approximate surface area is 96.6 Å². The number of amides is 1. The van der Waals surface area contributed by atoms with Crippen LogP contribution in [0.25, 0.3) is 0 Å². The van der Waals surface area contributed by atoms with Crippen LogP contribution in [0, 0.1) is 5.92 Å². The summed E-state index contributed by atoms with van der Waals surface area (Å²) in [5, 5.41) is 3.00. The summed E-state index contributed by atoms with van der Waals surface area (Å²) in [6.45, 7) is 0.825. The molecule has 15 heavy (non-hydrogen) atoms. The Morgan fingerprint density at radius 1 is 1.47 bits per heavy atom. The number of unbranched alkanes of at least 4 members (excludes halogenated alkanes) is 1. The first kappa shape index (κ1) is 12.8. The van der Waals surface area contributed by atoms with Crippen molar-refractivity contribution in [2.24, 2.45) is 11.7 Å². The predicted molar refractivity (Wildman–Crippen MR) is 65.9 cm³/mol. The van der Waals surface area contributed by atoms with Gasteiger partial charge in [-0.2, -0.15) is 11.8 Å². The van der Waals surface area contributed by atoms with Gasteiger partial charge >= 0.3 is 0 Å². The average molecular weight is 230 g/mol. The van der Waals surface area contributed by atoms with Crippen LogP contribution in [0.15, 0.2) is 0 Å². The quantitative estimate of drug-likeness (QED) is 0.678. The summed E-state index contributed by atoms with van der Waals surface area (Å²) in [4.78, 5) is 11.7. The van der Waals surface area contributed by atoms with Crippen LogP contribution in [0.5, 0.6) is 0 Å². The highest BCUT2D eigenvalue weighted by Gasteiger charge is 2.27. The lowest BCUT2D eigenvalue weighted by Gasteiger charge is -2.10. The molecule has 88 valence electrons. The van der Waals surface area contributed by atoms with Crippen LogP contribution in [0.3, 0.4) is 0 Å². The number of nitrogens with two attached hydrogens (primary N) is 1. The van der Waals surface area contributed by atoms with E-state index in [0.29, 0.717) is 0 Å². The van der Waals surface area contributed by atoms with Crippen LogP contribution >= 0.6 is 11.8 Å². The molecule has 4 heteroatoms. The highest BCUT2D eigenvalue weighted by molar-refractivity contribution is 7.98. The number of hydrogen-bond acceptors (Lipinski definition) is 3. The minimum atomic E-state index is 0.181. The second-order valence-electron chi connectivity index (χ2n) is 4.26. The van der Waals surface area contributed by atoms with Gasteiger partial charge in [-0.15, -0.1) is 0 Å². The monoisotopic (exact) mass is 230 g/mol. The lowest BCUT2D eigenvalue weighted by molar-refractivity contribution is -0.124. The molecular weight excluding hydrogens is 208 g/mol. The van der Waals surface area contributed by atoms with Gasteiger partial charge in [0.15, 0.2) is 0 Å². The molecule has 2 atom stereocenters. The van der Waals surface area contributed by atoms with E-state index in [2.05, 4.69) is 11.6 Å². The fourth-order valence-electron chi connectivity index (χ4n) is 1.98. The van der Waals surface area contributed by atoms with Gasteiger partial charge in [-0.1, -0.05) is 0 Å². The second kappa shape index (κ2) is 7.12. The molecule has 0 saturated heterocycles. The molecule has 0 aliphatic heterocycles. The van der Waals surface area contributed by atoms with Crippen LogP contribution < -0.4 is 11.1 Å². The fraction of sp³-hybridized carbons (Fsp3) is 0.909. The number of rotatable bonds is 6. The maximum absolute atomic E-state index is 11.7. The molecule has 0 aromatic carbocycles. The summed E-state index contributed by atoms with van der Waals surface area (Å²) in [6.07, 6.45) is 7.23. The minimum Gasteiger partial charge on any atom is -0.356 e. The zero-order valence-electron chi connectivity index (χ0n) is 9.50. The third-order valence-electron chi connectivity index (χ3n) is 2.92. The first-order valence-electron chi connectivity index (χ1n) is 5.76. The lowest BCUT2D eigenvalue weighted by Crippen LogP contribution is -2.31. The summed E-state index contributed by atoms with van der Waals surface area (Å²) < 4.78 is 0. The molecule has 0 heterocycles. The van der Waals surface area contributed by atoms with Crippen molar-refractivity contribution in [3.63, 3.8) is 0 Å². The first-order chi connectivity index (χ1) is 7.24. The van der Waals surface area contributed by atoms with Gasteiger partial charge in [0.2, 0.25) is 5.91 Å². The number of carbonyl (C=O) groups excluding carboxylic acids is 1. The van der Waals surface area contributed by atoms with Gasteiger partial charge in [0.05, 0.1) is 0 Å². The molecule has 3 N–H and O–H groups in total. The van der Waals surface area contributed by atoms with Crippen molar-refractivity contribution in [3.05, 3.63) is 0 Å². The number of nitrogens with one attached hydrogen (secondary N) is 1. The summed E-state index contributed by atoms with van der Waals surface area (Å²) in [6, 6.07) is 0.247. The van der Waals surface area contributed by atoms with Gasteiger partial charge in [-0.3, -0.25) is 4.79 Å². The van der Waals surface area contributed by atoms with Gasteiger partial charge in [0, 0.05) is 18.5 Å². The summed E-state index contributed by atoms with van der Waals surface area (Å²) in [5.41, 5.74) is 5.77. The topological polar surface area (TPSA) is 55.1 Å². The average Bonchev–Trinajstić information content (AvgIpc) is 2.64. The molecule has 0 aromatic rings. The van der Waals surface area contributed by atoms with E-state index in [9.17, 15) is 4.79 Å². The fourth-order valence-corrected chi connectivity index (χ4v) is 2.47. The molecule has 1 aliphatic rings. The van der Waals surface area contributed by atoms with E-state index < -0.39 is 0 Å². The Morgan fingerprint density at radius 3 is 2.87 bits per heavy atom. The normalized spacial score (nSPS) is 25.5. The van der Waals surface area contributed by atoms with Crippen molar-refractivity contribution in [2.75, 3.05) is 18.6 Å². The minimum absolute atomic E-state index is 0.181. The third kappa shape index (κ3) is 4.89. The van der Waals surface area contributed by atoms with Crippen molar-refractivity contribution in [1.82, 2.24) is 5.32 Å². The number of carbonyl (C=O) groups is 1. The maximum Gasteiger partial charge on any atom is 0.223 e. The van der Waals surface area contributed by atoms with Crippen LogP contribution in [0.2, 0.25) is 0 Å². The molecule has 1 fully saturated rings. The Morgan fingerprint density at radius 2 is 2.27 bits per heavy atom. The molecule has 0 spiro atoms. The zero-order valence-corrected chi connectivity index (χ0v) is 10.3. The van der Waals surface area contributed by atoms with E-state index in [1.165, 1.54) is 12.2 Å². The van der Waals surface area contributed by atoms with E-state index in [-0.39, 0.29) is 17.9 Å². The van der Waals surface area contributed by atoms with Gasteiger partial charge in [0.1, 0.15) is 0 Å². The molecule has 1 aliphatic carbocycles. The lowest BCUT2D eigenvalue weighted by atomic mass is 10.1. The van der Waals surface area contributed by atoms with Gasteiger partial charge in [-0.25, -0.2) is 0 Å². The molecule has 0 aromatic heterocycles. The molecule has 1 amide bonds. The first-order valence-corrected chi connectivity index (χ1v) is 7.15. The van der Waals surface area contributed by atoms with Crippen molar-refractivity contribution in [1.29, 1.82) is 0 Å². The van der Waals surface area contributed by atoms with Gasteiger partial charge in [0.25, 0.3) is 0 Å². The van der Waals surface area contributed by atoms with E-state index in [4.69, 9.17) is 5.73 Å². The van der Waals surface area contributed by atoms with Gasteiger partial charge in [-0.05, 0) is 44.1 Å². The summed E-state index contributed by atoms with van der Waals surface area (Å²) in [7, 11) is 0.